The number of fused-ring (bicyclic) bond motifs is 1. The van der Waals surface area contributed by atoms with Crippen LogP contribution >= 0.6 is 0 Å². The highest BCUT2D eigenvalue weighted by Crippen LogP contribution is 2.11. The monoisotopic (exact) mass is 309 g/mol. The van der Waals surface area contributed by atoms with Crippen LogP contribution in [0, 0.1) is 0 Å². The molecule has 0 unspecified atom stereocenters. The molecule has 2 aromatic heterocycles. The second kappa shape index (κ2) is 6.89. The van der Waals surface area contributed by atoms with Gasteiger partial charge in [-0.2, -0.15) is 0 Å². The van der Waals surface area contributed by atoms with Crippen LogP contribution in [0.25, 0.3) is 11.2 Å². The van der Waals surface area contributed by atoms with E-state index in [1.165, 1.54) is 9.13 Å². The highest BCUT2D eigenvalue weighted by molar-refractivity contribution is 5.71. The standard InChI is InChI=1S/C14H23N5O3/c1-4-18-13(20)11-12(19(14(18)21)8-9-22-3)16-10(17(11)2)6-5-7-15/h4-9,15H2,1-3H3. The Morgan fingerprint density at radius 1 is 1.27 bits per heavy atom. The predicted octanol–water partition coefficient (Wildman–Crippen LogP) is -0.546. The number of nitrogens with two attached hydrogens (primary N) is 1. The first-order valence-corrected chi connectivity index (χ1v) is 7.44. The largest absolute Gasteiger partial charge is 0.383 e. The Kier molecular flexibility index (Phi) is 5.15. The minimum Gasteiger partial charge on any atom is -0.383 e. The zero-order valence-corrected chi connectivity index (χ0v) is 13.3. The molecule has 8 nitrogen and oxygen atoms in total. The molecule has 0 aliphatic carbocycles. The Hall–Kier alpha value is -1.93. The molecule has 22 heavy (non-hydrogen) atoms. The molecule has 0 saturated carbocycles. The van der Waals surface area contributed by atoms with E-state index < -0.39 is 0 Å². The van der Waals surface area contributed by atoms with E-state index in [1.54, 1.807) is 25.6 Å². The summed E-state index contributed by atoms with van der Waals surface area (Å²) >= 11 is 0. The molecule has 0 spiro atoms. The van der Waals surface area contributed by atoms with E-state index >= 15 is 0 Å². The second-order valence-corrected chi connectivity index (χ2v) is 5.13. The van der Waals surface area contributed by atoms with Crippen LogP contribution in [-0.4, -0.2) is 38.9 Å². The topological polar surface area (TPSA) is 97.1 Å². The molecule has 122 valence electrons. The van der Waals surface area contributed by atoms with Gasteiger partial charge in [0, 0.05) is 27.1 Å². The molecule has 8 heteroatoms. The van der Waals surface area contributed by atoms with Crippen molar-refractivity contribution in [1.82, 2.24) is 18.7 Å². The lowest BCUT2D eigenvalue weighted by molar-refractivity contribution is 0.186. The van der Waals surface area contributed by atoms with Crippen molar-refractivity contribution in [3.05, 3.63) is 26.7 Å². The van der Waals surface area contributed by atoms with Crippen LogP contribution in [0.5, 0.6) is 0 Å². The normalized spacial score (nSPS) is 11.5. The van der Waals surface area contributed by atoms with Gasteiger partial charge in [0.15, 0.2) is 11.2 Å². The zero-order valence-electron chi connectivity index (χ0n) is 13.3. The summed E-state index contributed by atoms with van der Waals surface area (Å²) in [7, 11) is 3.37. The van der Waals surface area contributed by atoms with E-state index in [2.05, 4.69) is 4.98 Å². The first-order chi connectivity index (χ1) is 10.6. The summed E-state index contributed by atoms with van der Waals surface area (Å²) in [6.07, 6.45) is 1.45. The third-order valence-corrected chi connectivity index (χ3v) is 3.77. The second-order valence-electron chi connectivity index (χ2n) is 5.13. The summed E-state index contributed by atoms with van der Waals surface area (Å²) in [4.78, 5) is 29.5. The third-order valence-electron chi connectivity index (χ3n) is 3.77. The molecule has 0 saturated heterocycles. The third kappa shape index (κ3) is 2.71. The molecule has 2 rings (SSSR count). The molecule has 0 atom stereocenters. The Bertz CT molecular complexity index is 771. The maximum atomic E-state index is 12.5. The lowest BCUT2D eigenvalue weighted by atomic mass is 10.3. The molecule has 0 fully saturated rings. The average molecular weight is 309 g/mol. The summed E-state index contributed by atoms with van der Waals surface area (Å²) in [5.41, 5.74) is 5.76. The van der Waals surface area contributed by atoms with Crippen molar-refractivity contribution in [3.8, 4) is 0 Å². The van der Waals surface area contributed by atoms with Gasteiger partial charge in [-0.25, -0.2) is 9.78 Å². The minimum atomic E-state index is -0.347. The molecule has 2 N–H and O–H groups in total. The first-order valence-electron chi connectivity index (χ1n) is 7.44. The maximum Gasteiger partial charge on any atom is 0.332 e. The van der Waals surface area contributed by atoms with Gasteiger partial charge in [-0.15, -0.1) is 0 Å². The SMILES string of the molecule is CCn1c(=O)c2c(nc(CCCN)n2C)n(CCOC)c1=O. The smallest absolute Gasteiger partial charge is 0.332 e. The zero-order chi connectivity index (χ0) is 16.3. The van der Waals surface area contributed by atoms with Gasteiger partial charge in [0.1, 0.15) is 5.82 Å². The molecule has 0 aromatic carbocycles. The Morgan fingerprint density at radius 3 is 2.59 bits per heavy atom. The fourth-order valence-electron chi connectivity index (χ4n) is 2.55. The number of nitrogens with zero attached hydrogens (tertiary/aromatic N) is 4. The van der Waals surface area contributed by atoms with Crippen LogP contribution in [-0.2, 0) is 31.3 Å². The van der Waals surface area contributed by atoms with Crippen LogP contribution in [0.4, 0.5) is 0 Å². The molecule has 0 aliphatic heterocycles. The summed E-state index contributed by atoms with van der Waals surface area (Å²) in [6.45, 7) is 3.40. The highest BCUT2D eigenvalue weighted by atomic mass is 16.5. The molecular formula is C14H23N5O3. The number of rotatable bonds is 7. The number of ether oxygens (including phenoxy) is 1. The first kappa shape index (κ1) is 16.4. The van der Waals surface area contributed by atoms with Gasteiger partial charge in [-0.05, 0) is 19.9 Å². The fraction of sp³-hybridized carbons (Fsp3) is 0.643. The summed E-state index contributed by atoms with van der Waals surface area (Å²) in [5, 5.41) is 0. The van der Waals surface area contributed by atoms with Crippen LogP contribution in [0.2, 0.25) is 0 Å². The van der Waals surface area contributed by atoms with Gasteiger partial charge in [0.05, 0.1) is 13.2 Å². The number of aromatic nitrogens is 4. The van der Waals surface area contributed by atoms with Gasteiger partial charge in [-0.3, -0.25) is 13.9 Å². The van der Waals surface area contributed by atoms with Crippen molar-refractivity contribution in [1.29, 1.82) is 0 Å². The van der Waals surface area contributed by atoms with E-state index in [0.29, 0.717) is 43.8 Å². The van der Waals surface area contributed by atoms with Gasteiger partial charge < -0.3 is 15.0 Å². The van der Waals surface area contributed by atoms with Gasteiger partial charge in [0.25, 0.3) is 5.56 Å². The van der Waals surface area contributed by atoms with Crippen molar-refractivity contribution >= 4 is 11.2 Å². The summed E-state index contributed by atoms with van der Waals surface area (Å²) in [6, 6.07) is 0. The summed E-state index contributed by atoms with van der Waals surface area (Å²) in [5.74, 6) is 0.761. The predicted molar refractivity (Wildman–Crippen MR) is 84.2 cm³/mol. The molecule has 2 aromatic rings. The lowest BCUT2D eigenvalue weighted by Crippen LogP contribution is -2.40. The van der Waals surface area contributed by atoms with Crippen LogP contribution in [0.1, 0.15) is 19.2 Å². The van der Waals surface area contributed by atoms with Crippen LogP contribution in [0.3, 0.4) is 0 Å². The Balaban J connectivity index is 2.75. The van der Waals surface area contributed by atoms with Gasteiger partial charge >= 0.3 is 5.69 Å². The minimum absolute atomic E-state index is 0.301. The Morgan fingerprint density at radius 2 is 2.00 bits per heavy atom. The van der Waals surface area contributed by atoms with E-state index in [9.17, 15) is 9.59 Å². The van der Waals surface area contributed by atoms with Gasteiger partial charge in [-0.1, -0.05) is 0 Å². The quantitative estimate of drug-likeness (QED) is 0.740. The highest BCUT2D eigenvalue weighted by Gasteiger charge is 2.18. The number of methoxy groups -OCH3 is 1. The maximum absolute atomic E-state index is 12.5. The molecule has 2 heterocycles. The number of imidazole rings is 1. The molecule has 0 bridgehead atoms. The van der Waals surface area contributed by atoms with Gasteiger partial charge in [0.2, 0.25) is 0 Å². The average Bonchev–Trinajstić information content (AvgIpc) is 2.82. The molecule has 0 radical (unpaired) electrons. The van der Waals surface area contributed by atoms with Crippen LogP contribution in [0.15, 0.2) is 9.59 Å². The summed E-state index contributed by atoms with van der Waals surface area (Å²) < 4.78 is 9.56. The number of aryl methyl sites for hydroxylation is 2. The van der Waals surface area contributed by atoms with E-state index in [1.807, 2.05) is 0 Å². The van der Waals surface area contributed by atoms with Crippen molar-refractivity contribution in [2.24, 2.45) is 12.8 Å². The van der Waals surface area contributed by atoms with E-state index in [-0.39, 0.29) is 11.2 Å². The number of hydrogen-bond donors (Lipinski definition) is 1. The molecule has 0 amide bonds. The molecule has 0 aliphatic rings. The molecular weight excluding hydrogens is 286 g/mol. The Labute approximate surface area is 128 Å². The number of hydrogen-bond acceptors (Lipinski definition) is 5. The van der Waals surface area contributed by atoms with Crippen molar-refractivity contribution in [2.45, 2.75) is 32.9 Å². The van der Waals surface area contributed by atoms with Crippen molar-refractivity contribution < 1.29 is 4.74 Å². The van der Waals surface area contributed by atoms with Crippen molar-refractivity contribution in [2.75, 3.05) is 20.3 Å². The van der Waals surface area contributed by atoms with E-state index in [4.69, 9.17) is 10.5 Å². The van der Waals surface area contributed by atoms with E-state index in [0.717, 1.165) is 12.2 Å². The van der Waals surface area contributed by atoms with Crippen LogP contribution < -0.4 is 17.0 Å². The lowest BCUT2D eigenvalue weighted by Gasteiger charge is -2.09. The van der Waals surface area contributed by atoms with Crippen molar-refractivity contribution in [3.63, 3.8) is 0 Å². The fourth-order valence-corrected chi connectivity index (χ4v) is 2.55.